The molecule has 1 atom stereocenters. The van der Waals surface area contributed by atoms with Gasteiger partial charge in [0.05, 0.1) is 11.1 Å². The highest BCUT2D eigenvalue weighted by atomic mass is 79.9. The number of hydrogen-bond acceptors (Lipinski definition) is 2. The van der Waals surface area contributed by atoms with Gasteiger partial charge in [0, 0.05) is 12.5 Å². The molecule has 1 N–H and O–H groups in total. The van der Waals surface area contributed by atoms with E-state index in [0.29, 0.717) is 22.7 Å². The molecule has 0 radical (unpaired) electrons. The van der Waals surface area contributed by atoms with Gasteiger partial charge in [-0.25, -0.2) is 4.39 Å². The third kappa shape index (κ3) is 5.50. The van der Waals surface area contributed by atoms with E-state index in [0.717, 1.165) is 19.5 Å². The minimum atomic E-state index is -0.269. The van der Waals surface area contributed by atoms with Crippen molar-refractivity contribution in [2.24, 2.45) is 5.92 Å². The monoisotopic (exact) mass is 303 g/mol. The minimum Gasteiger partial charge on any atom is -0.493 e. The summed E-state index contributed by atoms with van der Waals surface area (Å²) in [6, 6.07) is 4.70. The highest BCUT2D eigenvalue weighted by Crippen LogP contribution is 2.21. The molecular formula is C13H19BrFNO. The molecule has 17 heavy (non-hydrogen) atoms. The number of benzene rings is 1. The number of rotatable bonds is 7. The number of ether oxygens (including phenoxy) is 1. The molecule has 0 fully saturated rings. The molecule has 0 heterocycles. The maximum Gasteiger partial charge on any atom is 0.137 e. The summed E-state index contributed by atoms with van der Waals surface area (Å²) in [6.45, 7) is 6.88. The van der Waals surface area contributed by atoms with Gasteiger partial charge in [-0.2, -0.15) is 0 Å². The number of halogens is 2. The fourth-order valence-corrected chi connectivity index (χ4v) is 1.75. The molecular weight excluding hydrogens is 285 g/mol. The van der Waals surface area contributed by atoms with Gasteiger partial charge >= 0.3 is 0 Å². The van der Waals surface area contributed by atoms with Crippen molar-refractivity contribution in [1.29, 1.82) is 0 Å². The Hall–Kier alpha value is -0.610. The lowest BCUT2D eigenvalue weighted by molar-refractivity contribution is 0.255. The van der Waals surface area contributed by atoms with Crippen LogP contribution in [-0.2, 0) is 0 Å². The zero-order valence-corrected chi connectivity index (χ0v) is 11.9. The van der Waals surface area contributed by atoms with Crippen LogP contribution < -0.4 is 10.1 Å². The minimum absolute atomic E-state index is 0.269. The molecule has 1 aromatic carbocycles. The van der Waals surface area contributed by atoms with Gasteiger partial charge in [-0.05, 0) is 47.1 Å². The van der Waals surface area contributed by atoms with Crippen LogP contribution in [0, 0.1) is 11.7 Å². The Kier molecular flexibility index (Phi) is 6.52. The van der Waals surface area contributed by atoms with E-state index in [1.807, 2.05) is 0 Å². The Labute approximate surface area is 111 Å². The fourth-order valence-electron chi connectivity index (χ4n) is 1.39. The van der Waals surface area contributed by atoms with Crippen molar-refractivity contribution < 1.29 is 9.13 Å². The largest absolute Gasteiger partial charge is 0.493 e. The summed E-state index contributed by atoms with van der Waals surface area (Å²) in [5.41, 5.74) is 0. The van der Waals surface area contributed by atoms with E-state index in [9.17, 15) is 4.39 Å². The molecule has 96 valence electrons. The first-order valence-corrected chi connectivity index (χ1v) is 6.71. The number of hydrogen-bond donors (Lipinski definition) is 1. The van der Waals surface area contributed by atoms with Gasteiger partial charge in [0.15, 0.2) is 0 Å². The molecule has 1 aromatic rings. The first-order valence-electron chi connectivity index (χ1n) is 5.92. The highest BCUT2D eigenvalue weighted by molar-refractivity contribution is 9.10. The Bertz CT molecular complexity index is 346. The first-order chi connectivity index (χ1) is 8.13. The predicted octanol–water partition coefficient (Wildman–Crippen LogP) is 3.60. The molecule has 0 amide bonds. The zero-order valence-electron chi connectivity index (χ0n) is 10.3. The molecule has 0 saturated carbocycles. The second-order valence-electron chi connectivity index (χ2n) is 4.20. The van der Waals surface area contributed by atoms with Crippen molar-refractivity contribution in [2.45, 2.75) is 20.3 Å². The zero-order chi connectivity index (χ0) is 12.7. The molecule has 0 bridgehead atoms. The Morgan fingerprint density at radius 3 is 2.88 bits per heavy atom. The third-order valence-electron chi connectivity index (χ3n) is 2.35. The first kappa shape index (κ1) is 14.5. The van der Waals surface area contributed by atoms with Crippen molar-refractivity contribution in [2.75, 3.05) is 19.7 Å². The second-order valence-corrected chi connectivity index (χ2v) is 5.05. The lowest BCUT2D eigenvalue weighted by Crippen LogP contribution is -2.25. The summed E-state index contributed by atoms with van der Waals surface area (Å²) < 4.78 is 19.0. The molecule has 0 aliphatic carbocycles. The van der Waals surface area contributed by atoms with Gasteiger partial charge in [0.1, 0.15) is 11.6 Å². The van der Waals surface area contributed by atoms with E-state index >= 15 is 0 Å². The maximum atomic E-state index is 13.0. The summed E-state index contributed by atoms with van der Waals surface area (Å²) in [4.78, 5) is 0. The fraction of sp³-hybridized carbons (Fsp3) is 0.538. The molecule has 0 aliphatic rings. The van der Waals surface area contributed by atoms with E-state index in [1.165, 1.54) is 6.07 Å². The smallest absolute Gasteiger partial charge is 0.137 e. The number of nitrogens with one attached hydrogen (secondary N) is 1. The van der Waals surface area contributed by atoms with Crippen LogP contribution in [0.4, 0.5) is 4.39 Å². The van der Waals surface area contributed by atoms with Crippen molar-refractivity contribution >= 4 is 15.9 Å². The Morgan fingerprint density at radius 2 is 2.24 bits per heavy atom. The van der Waals surface area contributed by atoms with Crippen molar-refractivity contribution in [3.63, 3.8) is 0 Å². The van der Waals surface area contributed by atoms with E-state index in [-0.39, 0.29) is 5.82 Å². The molecule has 4 heteroatoms. The van der Waals surface area contributed by atoms with E-state index < -0.39 is 0 Å². The standard InChI is InChI=1S/C13H19BrFNO/c1-3-6-16-8-10(2)9-17-11-4-5-13(15)12(14)7-11/h4-5,7,10,16H,3,6,8-9H2,1-2H3. The van der Waals surface area contributed by atoms with Crippen molar-refractivity contribution in [3.8, 4) is 5.75 Å². The highest BCUT2D eigenvalue weighted by Gasteiger charge is 2.05. The summed E-state index contributed by atoms with van der Waals surface area (Å²) in [6.07, 6.45) is 1.14. The SMILES string of the molecule is CCCNCC(C)COc1ccc(F)c(Br)c1. The summed E-state index contributed by atoms with van der Waals surface area (Å²) >= 11 is 3.14. The van der Waals surface area contributed by atoms with Crippen molar-refractivity contribution in [1.82, 2.24) is 5.32 Å². The lowest BCUT2D eigenvalue weighted by atomic mass is 10.2. The van der Waals surface area contributed by atoms with Gasteiger partial charge in [-0.1, -0.05) is 13.8 Å². The quantitative estimate of drug-likeness (QED) is 0.777. The van der Waals surface area contributed by atoms with Gasteiger partial charge in [0.2, 0.25) is 0 Å². The Balaban J connectivity index is 2.31. The lowest BCUT2D eigenvalue weighted by Gasteiger charge is -2.14. The van der Waals surface area contributed by atoms with Gasteiger partial charge in [0.25, 0.3) is 0 Å². The molecule has 1 unspecified atom stereocenters. The van der Waals surface area contributed by atoms with Crippen LogP contribution >= 0.6 is 15.9 Å². The summed E-state index contributed by atoms with van der Waals surface area (Å²) in [7, 11) is 0. The average Bonchev–Trinajstić information content (AvgIpc) is 2.31. The van der Waals surface area contributed by atoms with E-state index in [2.05, 4.69) is 35.1 Å². The van der Waals surface area contributed by atoms with Gasteiger partial charge < -0.3 is 10.1 Å². The molecule has 2 nitrogen and oxygen atoms in total. The van der Waals surface area contributed by atoms with Crippen molar-refractivity contribution in [3.05, 3.63) is 28.5 Å². The molecule has 0 aromatic heterocycles. The average molecular weight is 304 g/mol. The third-order valence-corrected chi connectivity index (χ3v) is 2.95. The van der Waals surface area contributed by atoms with Crippen LogP contribution in [0.3, 0.4) is 0 Å². The predicted molar refractivity (Wildman–Crippen MR) is 71.9 cm³/mol. The van der Waals surface area contributed by atoms with Crippen LogP contribution in [0.5, 0.6) is 5.75 Å². The van der Waals surface area contributed by atoms with Crippen LogP contribution in [0.2, 0.25) is 0 Å². The van der Waals surface area contributed by atoms with E-state index in [4.69, 9.17) is 4.74 Å². The van der Waals surface area contributed by atoms with Gasteiger partial charge in [-0.15, -0.1) is 0 Å². The van der Waals surface area contributed by atoms with Gasteiger partial charge in [-0.3, -0.25) is 0 Å². The summed E-state index contributed by atoms with van der Waals surface area (Å²) in [5.74, 6) is 0.862. The maximum absolute atomic E-state index is 13.0. The molecule has 0 saturated heterocycles. The second kappa shape index (κ2) is 7.67. The van der Waals surface area contributed by atoms with Crippen LogP contribution in [-0.4, -0.2) is 19.7 Å². The normalized spacial score (nSPS) is 12.5. The molecule has 1 rings (SSSR count). The van der Waals surface area contributed by atoms with E-state index in [1.54, 1.807) is 12.1 Å². The Morgan fingerprint density at radius 1 is 1.47 bits per heavy atom. The molecule has 0 spiro atoms. The van der Waals surface area contributed by atoms with Crippen LogP contribution in [0.1, 0.15) is 20.3 Å². The summed E-state index contributed by atoms with van der Waals surface area (Å²) in [5, 5.41) is 3.34. The van der Waals surface area contributed by atoms with Crippen LogP contribution in [0.25, 0.3) is 0 Å². The molecule has 0 aliphatic heterocycles. The topological polar surface area (TPSA) is 21.3 Å². The van der Waals surface area contributed by atoms with Crippen LogP contribution in [0.15, 0.2) is 22.7 Å².